The van der Waals surface area contributed by atoms with Gasteiger partial charge in [-0.3, -0.25) is 4.98 Å². The van der Waals surface area contributed by atoms with E-state index in [-0.39, 0.29) is 12.3 Å². The lowest BCUT2D eigenvalue weighted by Gasteiger charge is -2.21. The van der Waals surface area contributed by atoms with Crippen LogP contribution < -0.4 is 5.32 Å². The first kappa shape index (κ1) is 13.5. The molecule has 1 saturated heterocycles. The summed E-state index contributed by atoms with van der Waals surface area (Å²) in [7, 11) is 0. The highest BCUT2D eigenvalue weighted by atomic mass is 16.7. The molecule has 0 amide bonds. The number of nitrogens with zero attached hydrogens (tertiary/aromatic N) is 1. The molecule has 1 aromatic rings. The maximum absolute atomic E-state index is 5.53. The van der Waals surface area contributed by atoms with Gasteiger partial charge in [0.05, 0.1) is 13.2 Å². The SMILES string of the molecule is CCCNC(CC1OCCO1)c1ccc(C)nc1. The van der Waals surface area contributed by atoms with E-state index in [0.717, 1.165) is 25.1 Å². The Morgan fingerprint density at radius 3 is 2.78 bits per heavy atom. The van der Waals surface area contributed by atoms with Gasteiger partial charge in [0.1, 0.15) is 0 Å². The number of aryl methyl sites for hydroxylation is 1. The Labute approximate surface area is 109 Å². The minimum absolute atomic E-state index is 0.0827. The lowest BCUT2D eigenvalue weighted by atomic mass is 10.0. The monoisotopic (exact) mass is 250 g/mol. The van der Waals surface area contributed by atoms with Crippen LogP contribution in [0.25, 0.3) is 0 Å². The van der Waals surface area contributed by atoms with Gasteiger partial charge in [-0.05, 0) is 31.5 Å². The fourth-order valence-corrected chi connectivity index (χ4v) is 2.08. The maximum Gasteiger partial charge on any atom is 0.159 e. The quantitative estimate of drug-likeness (QED) is 0.840. The molecule has 2 heterocycles. The zero-order valence-electron chi connectivity index (χ0n) is 11.2. The van der Waals surface area contributed by atoms with Gasteiger partial charge in [0, 0.05) is 24.4 Å². The van der Waals surface area contributed by atoms with E-state index in [9.17, 15) is 0 Å². The average Bonchev–Trinajstić information content (AvgIpc) is 2.88. The van der Waals surface area contributed by atoms with Gasteiger partial charge >= 0.3 is 0 Å². The summed E-state index contributed by atoms with van der Waals surface area (Å²) in [5.41, 5.74) is 2.24. The van der Waals surface area contributed by atoms with Crippen molar-refractivity contribution < 1.29 is 9.47 Å². The van der Waals surface area contributed by atoms with Crippen LogP contribution in [0.2, 0.25) is 0 Å². The maximum atomic E-state index is 5.53. The van der Waals surface area contributed by atoms with Gasteiger partial charge in [0.15, 0.2) is 6.29 Å². The predicted octanol–water partition coefficient (Wildman–Crippen LogP) is 2.19. The van der Waals surface area contributed by atoms with Crippen LogP contribution >= 0.6 is 0 Å². The van der Waals surface area contributed by atoms with Crippen LogP contribution in [0.1, 0.15) is 37.1 Å². The third-order valence-electron chi connectivity index (χ3n) is 3.10. The Kier molecular flexibility index (Phi) is 5.11. The van der Waals surface area contributed by atoms with Gasteiger partial charge in [-0.2, -0.15) is 0 Å². The standard InChI is InChI=1S/C14H22N2O2/c1-3-6-15-13(9-14-17-7-8-18-14)12-5-4-11(2)16-10-12/h4-5,10,13-15H,3,6-9H2,1-2H3. The molecule has 18 heavy (non-hydrogen) atoms. The van der Waals surface area contributed by atoms with E-state index in [0.29, 0.717) is 13.2 Å². The number of pyridine rings is 1. The van der Waals surface area contributed by atoms with Crippen LogP contribution in [-0.2, 0) is 9.47 Å². The van der Waals surface area contributed by atoms with Crippen molar-refractivity contribution in [1.82, 2.24) is 10.3 Å². The Hall–Kier alpha value is -0.970. The van der Waals surface area contributed by atoms with Gasteiger partial charge in [0.2, 0.25) is 0 Å². The molecule has 1 aliphatic rings. The molecule has 0 spiro atoms. The van der Waals surface area contributed by atoms with Crippen LogP contribution in [0.15, 0.2) is 18.3 Å². The fourth-order valence-electron chi connectivity index (χ4n) is 2.08. The molecule has 0 aromatic carbocycles. The summed E-state index contributed by atoms with van der Waals surface area (Å²) in [6, 6.07) is 4.43. The zero-order valence-corrected chi connectivity index (χ0v) is 11.2. The van der Waals surface area contributed by atoms with E-state index in [1.165, 1.54) is 5.56 Å². The summed E-state index contributed by atoms with van der Waals surface area (Å²) in [6.07, 6.45) is 3.81. The molecule has 0 aliphatic carbocycles. The molecule has 1 aliphatic heterocycles. The molecule has 0 saturated carbocycles. The van der Waals surface area contributed by atoms with Gasteiger partial charge in [0.25, 0.3) is 0 Å². The summed E-state index contributed by atoms with van der Waals surface area (Å²) in [5.74, 6) is 0. The van der Waals surface area contributed by atoms with E-state index in [4.69, 9.17) is 9.47 Å². The molecule has 1 unspecified atom stereocenters. The number of rotatable bonds is 6. The average molecular weight is 250 g/mol. The molecule has 4 heteroatoms. The highest BCUT2D eigenvalue weighted by Gasteiger charge is 2.22. The molecular weight excluding hydrogens is 228 g/mol. The minimum Gasteiger partial charge on any atom is -0.350 e. The summed E-state index contributed by atoms with van der Waals surface area (Å²) in [4.78, 5) is 4.36. The Morgan fingerprint density at radius 1 is 1.39 bits per heavy atom. The first-order chi connectivity index (χ1) is 8.79. The van der Waals surface area contributed by atoms with Gasteiger partial charge in [-0.25, -0.2) is 0 Å². The van der Waals surface area contributed by atoms with Crippen LogP contribution in [0.3, 0.4) is 0 Å². The second-order valence-electron chi connectivity index (χ2n) is 4.65. The Morgan fingerprint density at radius 2 is 2.17 bits per heavy atom. The number of hydrogen-bond acceptors (Lipinski definition) is 4. The Balaban J connectivity index is 2.00. The highest BCUT2D eigenvalue weighted by molar-refractivity contribution is 5.17. The van der Waals surface area contributed by atoms with Crippen LogP contribution in [0.5, 0.6) is 0 Å². The predicted molar refractivity (Wildman–Crippen MR) is 70.3 cm³/mol. The Bertz CT molecular complexity index is 347. The number of aromatic nitrogens is 1. The molecule has 1 N–H and O–H groups in total. The van der Waals surface area contributed by atoms with Gasteiger partial charge in [-0.15, -0.1) is 0 Å². The van der Waals surface area contributed by atoms with E-state index in [1.807, 2.05) is 19.2 Å². The fraction of sp³-hybridized carbons (Fsp3) is 0.643. The van der Waals surface area contributed by atoms with Crippen molar-refractivity contribution in [2.24, 2.45) is 0 Å². The topological polar surface area (TPSA) is 43.4 Å². The minimum atomic E-state index is -0.0827. The summed E-state index contributed by atoms with van der Waals surface area (Å²) >= 11 is 0. The van der Waals surface area contributed by atoms with Crippen molar-refractivity contribution in [3.05, 3.63) is 29.6 Å². The molecule has 2 rings (SSSR count). The van der Waals surface area contributed by atoms with E-state index < -0.39 is 0 Å². The smallest absolute Gasteiger partial charge is 0.159 e. The second-order valence-corrected chi connectivity index (χ2v) is 4.65. The lowest BCUT2D eigenvalue weighted by molar-refractivity contribution is -0.0530. The highest BCUT2D eigenvalue weighted by Crippen LogP contribution is 2.22. The van der Waals surface area contributed by atoms with E-state index in [1.54, 1.807) is 0 Å². The third-order valence-corrected chi connectivity index (χ3v) is 3.10. The largest absolute Gasteiger partial charge is 0.350 e. The van der Waals surface area contributed by atoms with Crippen molar-refractivity contribution >= 4 is 0 Å². The van der Waals surface area contributed by atoms with E-state index in [2.05, 4.69) is 23.3 Å². The van der Waals surface area contributed by atoms with Crippen molar-refractivity contribution in [1.29, 1.82) is 0 Å². The van der Waals surface area contributed by atoms with Crippen molar-refractivity contribution in [3.8, 4) is 0 Å². The summed E-state index contributed by atoms with van der Waals surface area (Å²) < 4.78 is 11.1. The molecule has 1 fully saturated rings. The number of ether oxygens (including phenoxy) is 2. The molecular formula is C14H22N2O2. The molecule has 4 nitrogen and oxygen atoms in total. The summed E-state index contributed by atoms with van der Waals surface area (Å²) in [5, 5.41) is 3.53. The number of hydrogen-bond donors (Lipinski definition) is 1. The molecule has 1 aromatic heterocycles. The van der Waals surface area contributed by atoms with Crippen molar-refractivity contribution in [2.75, 3.05) is 19.8 Å². The first-order valence-electron chi connectivity index (χ1n) is 6.68. The van der Waals surface area contributed by atoms with Crippen LogP contribution in [0, 0.1) is 6.92 Å². The van der Waals surface area contributed by atoms with Gasteiger partial charge in [-0.1, -0.05) is 13.0 Å². The first-order valence-corrected chi connectivity index (χ1v) is 6.68. The molecule has 1 atom stereocenters. The molecule has 0 bridgehead atoms. The van der Waals surface area contributed by atoms with Crippen molar-refractivity contribution in [3.63, 3.8) is 0 Å². The van der Waals surface area contributed by atoms with Crippen LogP contribution in [0.4, 0.5) is 0 Å². The normalized spacial score (nSPS) is 18.1. The van der Waals surface area contributed by atoms with Crippen molar-refractivity contribution in [2.45, 2.75) is 39.0 Å². The zero-order chi connectivity index (χ0) is 12.8. The summed E-state index contributed by atoms with van der Waals surface area (Å²) in [6.45, 7) is 6.57. The van der Waals surface area contributed by atoms with E-state index >= 15 is 0 Å². The molecule has 100 valence electrons. The van der Waals surface area contributed by atoms with Crippen LogP contribution in [-0.4, -0.2) is 31.0 Å². The second kappa shape index (κ2) is 6.83. The lowest BCUT2D eigenvalue weighted by Crippen LogP contribution is -2.26. The molecule has 0 radical (unpaired) electrons. The number of nitrogens with one attached hydrogen (secondary N) is 1. The van der Waals surface area contributed by atoms with Gasteiger partial charge < -0.3 is 14.8 Å². The third kappa shape index (κ3) is 3.77.